The van der Waals surface area contributed by atoms with Crippen molar-refractivity contribution < 1.29 is 14.7 Å². The Morgan fingerprint density at radius 3 is 2.74 bits per heavy atom. The Morgan fingerprint density at radius 2 is 1.96 bits per heavy atom. The normalized spacial score (nSPS) is 24.7. The van der Waals surface area contributed by atoms with E-state index in [-0.39, 0.29) is 24.5 Å². The van der Waals surface area contributed by atoms with Gasteiger partial charge in [0.2, 0.25) is 5.91 Å². The maximum atomic E-state index is 13.5. The molecular weight excluding hydrogens is 342 g/mol. The van der Waals surface area contributed by atoms with E-state index < -0.39 is 5.54 Å². The topological polar surface area (TPSA) is 72.9 Å². The smallest absolute Gasteiger partial charge is 0.250 e. The van der Waals surface area contributed by atoms with Gasteiger partial charge >= 0.3 is 0 Å². The number of likely N-dealkylation sites (tertiary alicyclic amines) is 1. The van der Waals surface area contributed by atoms with Gasteiger partial charge in [0, 0.05) is 12.6 Å². The van der Waals surface area contributed by atoms with Crippen LogP contribution in [0.3, 0.4) is 0 Å². The van der Waals surface area contributed by atoms with Gasteiger partial charge in [-0.2, -0.15) is 0 Å². The highest BCUT2D eigenvalue weighted by atomic mass is 16.3. The van der Waals surface area contributed by atoms with Crippen LogP contribution in [0.1, 0.15) is 51.4 Å². The highest BCUT2D eigenvalue weighted by Crippen LogP contribution is 2.45. The number of hydrogen-bond acceptors (Lipinski definition) is 4. The minimum absolute atomic E-state index is 0.00374. The first-order valence-electron chi connectivity index (χ1n) is 10.2. The summed E-state index contributed by atoms with van der Waals surface area (Å²) in [5.41, 5.74) is 0.798. The SMILES string of the molecule is O=C(CN1CCCCC1CCO)N1c2ccccc2NC(=O)C12CCCC2. The van der Waals surface area contributed by atoms with E-state index in [0.717, 1.165) is 62.9 Å². The van der Waals surface area contributed by atoms with Gasteiger partial charge in [0.15, 0.2) is 0 Å². The van der Waals surface area contributed by atoms with E-state index in [4.69, 9.17) is 0 Å². The molecule has 2 N–H and O–H groups in total. The first-order chi connectivity index (χ1) is 13.2. The van der Waals surface area contributed by atoms with Crippen LogP contribution in [-0.2, 0) is 9.59 Å². The Bertz CT molecular complexity index is 712. The van der Waals surface area contributed by atoms with Crippen molar-refractivity contribution in [1.29, 1.82) is 0 Å². The number of aliphatic hydroxyl groups is 1. The lowest BCUT2D eigenvalue weighted by Crippen LogP contribution is -2.62. The van der Waals surface area contributed by atoms with Gasteiger partial charge in [-0.25, -0.2) is 0 Å². The lowest BCUT2D eigenvalue weighted by molar-refractivity contribution is -0.128. The molecular formula is C21H29N3O3. The molecule has 146 valence electrons. The monoisotopic (exact) mass is 371 g/mol. The van der Waals surface area contributed by atoms with Gasteiger partial charge in [-0.05, 0) is 50.8 Å². The van der Waals surface area contributed by atoms with Gasteiger partial charge in [-0.3, -0.25) is 19.4 Å². The van der Waals surface area contributed by atoms with Crippen LogP contribution in [0.15, 0.2) is 24.3 Å². The second-order valence-electron chi connectivity index (χ2n) is 8.07. The average molecular weight is 371 g/mol. The number of nitrogens with zero attached hydrogens (tertiary/aromatic N) is 2. The van der Waals surface area contributed by atoms with Crippen LogP contribution in [0.4, 0.5) is 11.4 Å². The van der Waals surface area contributed by atoms with Gasteiger partial charge < -0.3 is 10.4 Å². The largest absolute Gasteiger partial charge is 0.396 e. The summed E-state index contributed by atoms with van der Waals surface area (Å²) in [5, 5.41) is 12.4. The number of para-hydroxylation sites is 2. The van der Waals surface area contributed by atoms with E-state index in [1.54, 1.807) is 4.90 Å². The van der Waals surface area contributed by atoms with Crippen LogP contribution in [-0.4, -0.2) is 53.1 Å². The molecule has 2 heterocycles. The molecule has 1 atom stereocenters. The number of benzene rings is 1. The zero-order valence-electron chi connectivity index (χ0n) is 15.8. The third-order valence-electron chi connectivity index (χ3n) is 6.47. The summed E-state index contributed by atoms with van der Waals surface area (Å²) >= 11 is 0. The Labute approximate surface area is 160 Å². The molecule has 4 rings (SSSR count). The number of rotatable bonds is 4. The van der Waals surface area contributed by atoms with E-state index in [1.807, 2.05) is 24.3 Å². The van der Waals surface area contributed by atoms with Gasteiger partial charge in [0.1, 0.15) is 5.54 Å². The number of carbonyl (C=O) groups excluding carboxylic acids is 2. The van der Waals surface area contributed by atoms with Gasteiger partial charge in [0.25, 0.3) is 5.91 Å². The van der Waals surface area contributed by atoms with E-state index in [1.165, 1.54) is 0 Å². The van der Waals surface area contributed by atoms with Crippen LogP contribution in [0.25, 0.3) is 0 Å². The molecule has 1 unspecified atom stereocenters. The molecule has 2 aliphatic heterocycles. The predicted octanol–water partition coefficient (Wildman–Crippen LogP) is 2.52. The van der Waals surface area contributed by atoms with Gasteiger partial charge in [0.05, 0.1) is 17.9 Å². The molecule has 2 fully saturated rings. The van der Waals surface area contributed by atoms with E-state index in [0.29, 0.717) is 13.0 Å². The standard InChI is InChI=1S/C21H29N3O3/c25-14-10-16-7-3-6-13-23(16)15-19(26)24-18-9-2-1-8-17(18)22-20(27)21(24)11-4-5-12-21/h1-2,8-9,16,25H,3-7,10-15H2,(H,22,27). The number of nitrogens with one attached hydrogen (secondary N) is 1. The fraction of sp³-hybridized carbons (Fsp3) is 0.619. The molecule has 6 heteroatoms. The van der Waals surface area contributed by atoms with Crippen molar-refractivity contribution in [1.82, 2.24) is 4.90 Å². The molecule has 1 aromatic rings. The van der Waals surface area contributed by atoms with Crippen LogP contribution < -0.4 is 10.2 Å². The Kier molecular flexibility index (Phi) is 5.19. The Balaban J connectivity index is 1.64. The first-order valence-corrected chi connectivity index (χ1v) is 10.2. The van der Waals surface area contributed by atoms with Gasteiger partial charge in [-0.15, -0.1) is 0 Å². The van der Waals surface area contributed by atoms with Crippen molar-refractivity contribution in [3.8, 4) is 0 Å². The predicted molar refractivity (Wildman–Crippen MR) is 105 cm³/mol. The summed E-state index contributed by atoms with van der Waals surface area (Å²) in [4.78, 5) is 30.5. The Hall–Kier alpha value is -1.92. The second kappa shape index (κ2) is 7.60. The van der Waals surface area contributed by atoms with Crippen molar-refractivity contribution in [2.24, 2.45) is 0 Å². The lowest BCUT2D eigenvalue weighted by Gasteiger charge is -2.45. The first kappa shape index (κ1) is 18.4. The maximum absolute atomic E-state index is 13.5. The molecule has 1 aromatic carbocycles. The fourth-order valence-corrected chi connectivity index (χ4v) is 5.12. The van der Waals surface area contributed by atoms with Crippen LogP contribution in [0.5, 0.6) is 0 Å². The summed E-state index contributed by atoms with van der Waals surface area (Å²) in [6.07, 6.45) is 7.33. The summed E-state index contributed by atoms with van der Waals surface area (Å²) in [7, 11) is 0. The van der Waals surface area contributed by atoms with Crippen molar-refractivity contribution in [3.63, 3.8) is 0 Å². The highest BCUT2D eigenvalue weighted by molar-refractivity contribution is 6.15. The number of carbonyl (C=O) groups is 2. The molecule has 1 saturated heterocycles. The molecule has 2 amide bonds. The number of anilines is 2. The molecule has 0 radical (unpaired) electrons. The number of fused-ring (bicyclic) bond motifs is 1. The molecule has 1 aliphatic carbocycles. The minimum atomic E-state index is -0.742. The molecule has 27 heavy (non-hydrogen) atoms. The van der Waals surface area contributed by atoms with E-state index in [9.17, 15) is 14.7 Å². The molecule has 3 aliphatic rings. The number of piperidine rings is 1. The highest BCUT2D eigenvalue weighted by Gasteiger charge is 2.52. The maximum Gasteiger partial charge on any atom is 0.250 e. The summed E-state index contributed by atoms with van der Waals surface area (Å²) < 4.78 is 0. The minimum Gasteiger partial charge on any atom is -0.396 e. The molecule has 0 bridgehead atoms. The summed E-state index contributed by atoms with van der Waals surface area (Å²) in [6, 6.07) is 7.87. The number of hydrogen-bond donors (Lipinski definition) is 2. The molecule has 6 nitrogen and oxygen atoms in total. The fourth-order valence-electron chi connectivity index (χ4n) is 5.12. The molecule has 1 spiro atoms. The van der Waals surface area contributed by atoms with Crippen molar-refractivity contribution in [2.75, 3.05) is 29.9 Å². The van der Waals surface area contributed by atoms with Crippen molar-refractivity contribution >= 4 is 23.2 Å². The Morgan fingerprint density at radius 1 is 1.19 bits per heavy atom. The van der Waals surface area contributed by atoms with Crippen molar-refractivity contribution in [2.45, 2.75) is 62.9 Å². The third-order valence-corrected chi connectivity index (χ3v) is 6.47. The van der Waals surface area contributed by atoms with E-state index >= 15 is 0 Å². The lowest BCUT2D eigenvalue weighted by atomic mass is 9.89. The van der Waals surface area contributed by atoms with Crippen LogP contribution >= 0.6 is 0 Å². The zero-order valence-corrected chi connectivity index (χ0v) is 15.8. The summed E-state index contributed by atoms with van der Waals surface area (Å²) in [5.74, 6) is -0.0401. The average Bonchev–Trinajstić information content (AvgIpc) is 3.15. The van der Waals surface area contributed by atoms with Crippen molar-refractivity contribution in [3.05, 3.63) is 24.3 Å². The molecule has 1 saturated carbocycles. The van der Waals surface area contributed by atoms with Gasteiger partial charge in [-0.1, -0.05) is 31.4 Å². The molecule has 0 aromatic heterocycles. The number of amides is 2. The number of aliphatic hydroxyl groups excluding tert-OH is 1. The van der Waals surface area contributed by atoms with E-state index in [2.05, 4.69) is 10.2 Å². The summed E-state index contributed by atoms with van der Waals surface area (Å²) in [6.45, 7) is 1.34. The van der Waals surface area contributed by atoms with Crippen LogP contribution in [0, 0.1) is 0 Å². The van der Waals surface area contributed by atoms with Crippen LogP contribution in [0.2, 0.25) is 0 Å². The zero-order chi connectivity index (χ0) is 18.9. The second-order valence-corrected chi connectivity index (χ2v) is 8.07. The quantitative estimate of drug-likeness (QED) is 0.853. The third kappa shape index (κ3) is 3.25.